The third kappa shape index (κ3) is 3.89. The minimum atomic E-state index is -0.827. The van der Waals surface area contributed by atoms with Crippen LogP contribution in [-0.2, 0) is 6.42 Å². The summed E-state index contributed by atoms with van der Waals surface area (Å²) in [6, 6.07) is 9.59. The Morgan fingerprint density at radius 1 is 1.11 bits per heavy atom. The van der Waals surface area contributed by atoms with Gasteiger partial charge in [-0.15, -0.1) is 0 Å². The summed E-state index contributed by atoms with van der Waals surface area (Å²) in [5.74, 6) is -1.65. The maximum Gasteiger partial charge on any atom is 0.159 e. The molecule has 2 aromatic carbocycles. The van der Waals surface area contributed by atoms with E-state index in [1.165, 1.54) is 6.07 Å². The molecule has 0 aliphatic heterocycles. The Kier molecular flexibility index (Phi) is 5.20. The minimum absolute atomic E-state index is 0.00274. The van der Waals surface area contributed by atoms with E-state index < -0.39 is 11.6 Å². The van der Waals surface area contributed by atoms with Gasteiger partial charge < -0.3 is 0 Å². The predicted molar refractivity (Wildman–Crippen MR) is 85.9 cm³/mol. The van der Waals surface area contributed by atoms with Crippen molar-refractivity contribution < 1.29 is 8.78 Å². The highest BCUT2D eigenvalue weighted by molar-refractivity contribution is 14.1. The molecule has 0 saturated heterocycles. The Hall–Kier alpha value is -0.200. The van der Waals surface area contributed by atoms with Crippen molar-refractivity contribution in [2.45, 2.75) is 11.2 Å². The third-order valence-corrected chi connectivity index (χ3v) is 4.73. The summed E-state index contributed by atoms with van der Waals surface area (Å²) in [6.07, 6.45) is 0.563. The molecule has 2 rings (SSSR count). The Labute approximate surface area is 137 Å². The highest BCUT2D eigenvalue weighted by Crippen LogP contribution is 2.32. The molecule has 0 heterocycles. The van der Waals surface area contributed by atoms with Crippen molar-refractivity contribution >= 4 is 50.1 Å². The SMILES string of the molecule is Fc1ccc(CC(Br)c2cc(Cl)ccc2I)cc1F. The summed E-state index contributed by atoms with van der Waals surface area (Å²) >= 11 is 11.8. The molecule has 0 radical (unpaired) electrons. The van der Waals surface area contributed by atoms with Gasteiger partial charge in [-0.2, -0.15) is 0 Å². The van der Waals surface area contributed by atoms with Gasteiger partial charge in [-0.25, -0.2) is 8.78 Å². The van der Waals surface area contributed by atoms with Crippen LogP contribution in [0.3, 0.4) is 0 Å². The minimum Gasteiger partial charge on any atom is -0.204 e. The molecule has 1 atom stereocenters. The number of rotatable bonds is 3. The normalized spacial score (nSPS) is 12.5. The second-order valence-electron chi connectivity index (χ2n) is 4.09. The fourth-order valence-electron chi connectivity index (χ4n) is 1.74. The van der Waals surface area contributed by atoms with Gasteiger partial charge in [0.2, 0.25) is 0 Å². The molecule has 0 aromatic heterocycles. The fraction of sp³-hybridized carbons (Fsp3) is 0.143. The summed E-state index contributed by atoms with van der Waals surface area (Å²) in [5, 5.41) is 0.658. The van der Waals surface area contributed by atoms with Crippen molar-refractivity contribution in [1.82, 2.24) is 0 Å². The highest BCUT2D eigenvalue weighted by atomic mass is 127. The molecular weight excluding hydrogens is 448 g/mol. The molecular formula is C14H9BrClF2I. The molecule has 0 saturated carbocycles. The maximum absolute atomic E-state index is 13.2. The molecule has 0 aliphatic carbocycles. The van der Waals surface area contributed by atoms with Crippen LogP contribution in [0.2, 0.25) is 5.02 Å². The second-order valence-corrected chi connectivity index (χ2v) is 6.79. The van der Waals surface area contributed by atoms with Crippen LogP contribution in [0.5, 0.6) is 0 Å². The van der Waals surface area contributed by atoms with Crippen molar-refractivity contribution in [2.75, 3.05) is 0 Å². The Bertz CT molecular complexity index is 604. The van der Waals surface area contributed by atoms with Gasteiger partial charge in [-0.3, -0.25) is 0 Å². The monoisotopic (exact) mass is 456 g/mol. The van der Waals surface area contributed by atoms with Crippen LogP contribution in [0.15, 0.2) is 36.4 Å². The number of benzene rings is 2. The zero-order chi connectivity index (χ0) is 14.0. The van der Waals surface area contributed by atoms with Crippen LogP contribution in [0.4, 0.5) is 8.78 Å². The third-order valence-electron chi connectivity index (χ3n) is 2.69. The Morgan fingerprint density at radius 2 is 1.84 bits per heavy atom. The molecule has 1 unspecified atom stereocenters. The highest BCUT2D eigenvalue weighted by Gasteiger charge is 2.13. The molecule has 0 N–H and O–H groups in total. The van der Waals surface area contributed by atoms with Gasteiger partial charge in [0, 0.05) is 13.4 Å². The van der Waals surface area contributed by atoms with E-state index >= 15 is 0 Å². The van der Waals surface area contributed by atoms with E-state index in [2.05, 4.69) is 38.5 Å². The molecule has 5 heteroatoms. The van der Waals surface area contributed by atoms with Gasteiger partial charge in [0.15, 0.2) is 11.6 Å². The van der Waals surface area contributed by atoms with E-state index in [9.17, 15) is 8.78 Å². The lowest BCUT2D eigenvalue weighted by atomic mass is 10.0. The zero-order valence-electron chi connectivity index (χ0n) is 9.64. The van der Waals surface area contributed by atoms with Crippen molar-refractivity contribution in [3.8, 4) is 0 Å². The van der Waals surface area contributed by atoms with Crippen molar-refractivity contribution in [3.63, 3.8) is 0 Å². The zero-order valence-corrected chi connectivity index (χ0v) is 14.1. The molecule has 0 aliphatic rings. The second kappa shape index (κ2) is 6.50. The van der Waals surface area contributed by atoms with Crippen LogP contribution < -0.4 is 0 Å². The molecule has 0 nitrogen and oxygen atoms in total. The van der Waals surface area contributed by atoms with E-state index in [1.54, 1.807) is 6.07 Å². The summed E-state index contributed by atoms with van der Waals surface area (Å²) in [7, 11) is 0. The first-order valence-corrected chi connectivity index (χ1v) is 7.87. The van der Waals surface area contributed by atoms with Gasteiger partial charge in [0.1, 0.15) is 0 Å². The van der Waals surface area contributed by atoms with Gasteiger partial charge in [-0.05, 0) is 70.5 Å². The van der Waals surface area contributed by atoms with E-state index in [0.717, 1.165) is 20.8 Å². The fourth-order valence-corrected chi connectivity index (χ4v) is 3.81. The van der Waals surface area contributed by atoms with Gasteiger partial charge in [-0.1, -0.05) is 33.6 Å². The molecule has 19 heavy (non-hydrogen) atoms. The Morgan fingerprint density at radius 3 is 2.53 bits per heavy atom. The molecule has 0 amide bonds. The molecule has 0 bridgehead atoms. The molecule has 2 aromatic rings. The van der Waals surface area contributed by atoms with Gasteiger partial charge in [0.25, 0.3) is 0 Å². The van der Waals surface area contributed by atoms with Crippen LogP contribution >= 0.6 is 50.1 Å². The average molecular weight is 457 g/mol. The standard InChI is InChI=1S/C14H9BrClF2I/c15-11(10-7-9(16)2-4-14(10)19)5-8-1-3-12(17)13(18)6-8/h1-4,6-7,11H,5H2. The van der Waals surface area contributed by atoms with E-state index in [4.69, 9.17) is 11.6 Å². The lowest BCUT2D eigenvalue weighted by molar-refractivity contribution is 0.507. The smallest absolute Gasteiger partial charge is 0.159 e. The summed E-state index contributed by atoms with van der Waals surface area (Å²) in [4.78, 5) is 0.00274. The first-order chi connectivity index (χ1) is 8.97. The molecule has 0 spiro atoms. The first-order valence-electron chi connectivity index (χ1n) is 5.50. The lowest BCUT2D eigenvalue weighted by Crippen LogP contribution is -1.99. The topological polar surface area (TPSA) is 0 Å². The first kappa shape index (κ1) is 15.2. The Balaban J connectivity index is 2.22. The van der Waals surface area contributed by atoms with Crippen LogP contribution in [0.1, 0.15) is 16.0 Å². The van der Waals surface area contributed by atoms with Crippen molar-refractivity contribution in [3.05, 3.63) is 67.8 Å². The van der Waals surface area contributed by atoms with E-state index in [-0.39, 0.29) is 4.83 Å². The van der Waals surface area contributed by atoms with Crippen LogP contribution in [0, 0.1) is 15.2 Å². The number of halogens is 5. The molecule has 0 fully saturated rings. The number of hydrogen-bond donors (Lipinski definition) is 0. The quantitative estimate of drug-likeness (QED) is 0.398. The van der Waals surface area contributed by atoms with E-state index in [1.807, 2.05) is 18.2 Å². The maximum atomic E-state index is 13.2. The number of hydrogen-bond acceptors (Lipinski definition) is 0. The van der Waals surface area contributed by atoms with Crippen LogP contribution in [-0.4, -0.2) is 0 Å². The van der Waals surface area contributed by atoms with Crippen molar-refractivity contribution in [2.24, 2.45) is 0 Å². The molecule has 100 valence electrons. The predicted octanol–water partition coefficient (Wildman–Crippen LogP) is 5.90. The number of alkyl halides is 1. The van der Waals surface area contributed by atoms with Crippen LogP contribution in [0.25, 0.3) is 0 Å². The average Bonchev–Trinajstić information content (AvgIpc) is 2.36. The lowest BCUT2D eigenvalue weighted by Gasteiger charge is -2.13. The summed E-state index contributed by atoms with van der Waals surface area (Å²) < 4.78 is 27.1. The van der Waals surface area contributed by atoms with Gasteiger partial charge >= 0.3 is 0 Å². The van der Waals surface area contributed by atoms with Gasteiger partial charge in [0.05, 0.1) is 0 Å². The summed E-state index contributed by atoms with van der Waals surface area (Å²) in [6.45, 7) is 0. The van der Waals surface area contributed by atoms with E-state index in [0.29, 0.717) is 11.4 Å². The summed E-state index contributed by atoms with van der Waals surface area (Å²) in [5.41, 5.74) is 1.77. The largest absolute Gasteiger partial charge is 0.204 e. The van der Waals surface area contributed by atoms with Crippen molar-refractivity contribution in [1.29, 1.82) is 0 Å².